The molecule has 1 unspecified atom stereocenters. The van der Waals surface area contributed by atoms with Gasteiger partial charge in [-0.2, -0.15) is 0 Å². The van der Waals surface area contributed by atoms with Crippen LogP contribution >= 0.6 is 0 Å². The van der Waals surface area contributed by atoms with E-state index in [0.29, 0.717) is 25.1 Å². The van der Waals surface area contributed by atoms with Crippen LogP contribution in [0.4, 0.5) is 10.1 Å². The quantitative estimate of drug-likeness (QED) is 0.848. The van der Waals surface area contributed by atoms with E-state index in [9.17, 15) is 9.18 Å². The Morgan fingerprint density at radius 2 is 2.14 bits per heavy atom. The molecule has 0 radical (unpaired) electrons. The number of carbonyl (C=O) groups excluding carboxylic acids is 1. The van der Waals surface area contributed by atoms with Crippen molar-refractivity contribution in [3.63, 3.8) is 0 Å². The smallest absolute Gasteiger partial charge is 0.331 e. The van der Waals surface area contributed by atoms with Gasteiger partial charge in [-0.05, 0) is 56.2 Å². The lowest BCUT2D eigenvalue weighted by atomic mass is 9.68. The molecular formula is C17H24FNO2. The number of benzene rings is 1. The highest BCUT2D eigenvalue weighted by Gasteiger charge is 2.46. The molecule has 1 aliphatic carbocycles. The minimum Gasteiger partial charge on any atom is -0.464 e. The normalized spacial score (nSPS) is 24.4. The van der Waals surface area contributed by atoms with Crippen molar-refractivity contribution in [2.24, 2.45) is 5.41 Å². The van der Waals surface area contributed by atoms with Crippen LogP contribution in [-0.4, -0.2) is 18.1 Å². The van der Waals surface area contributed by atoms with Crippen LogP contribution < -0.4 is 5.32 Å². The number of nitrogens with one attached hydrogen (secondary N) is 1. The highest BCUT2D eigenvalue weighted by molar-refractivity contribution is 5.85. The largest absolute Gasteiger partial charge is 0.464 e. The van der Waals surface area contributed by atoms with Crippen molar-refractivity contribution in [2.75, 3.05) is 11.9 Å². The maximum Gasteiger partial charge on any atom is 0.331 e. The van der Waals surface area contributed by atoms with Gasteiger partial charge in [-0.15, -0.1) is 0 Å². The molecule has 3 nitrogen and oxygen atoms in total. The molecule has 1 aromatic carbocycles. The van der Waals surface area contributed by atoms with E-state index in [0.717, 1.165) is 12.8 Å². The van der Waals surface area contributed by atoms with Crippen molar-refractivity contribution >= 4 is 11.7 Å². The van der Waals surface area contributed by atoms with E-state index in [2.05, 4.69) is 19.2 Å². The summed E-state index contributed by atoms with van der Waals surface area (Å²) in [7, 11) is 0. The Balaban J connectivity index is 2.29. The van der Waals surface area contributed by atoms with Crippen LogP contribution in [0.5, 0.6) is 0 Å². The molecule has 1 saturated carbocycles. The van der Waals surface area contributed by atoms with Gasteiger partial charge >= 0.3 is 5.97 Å². The zero-order valence-corrected chi connectivity index (χ0v) is 13.0. The van der Waals surface area contributed by atoms with Crippen LogP contribution in [0.15, 0.2) is 24.3 Å². The van der Waals surface area contributed by atoms with Gasteiger partial charge in [0.1, 0.15) is 11.4 Å². The van der Waals surface area contributed by atoms with E-state index in [-0.39, 0.29) is 17.2 Å². The Morgan fingerprint density at radius 3 is 2.76 bits per heavy atom. The summed E-state index contributed by atoms with van der Waals surface area (Å²) in [5.41, 5.74) is -0.0718. The molecule has 0 spiro atoms. The standard InChI is InChI=1S/C17H24FNO2/c1-4-21-15(20)17(10-6-9-16(2,3)12-17)19-14-8-5-7-13(18)11-14/h5,7-8,11,19H,4,6,9-10,12H2,1-3H3. The van der Waals surface area contributed by atoms with Gasteiger partial charge in [-0.3, -0.25) is 0 Å². The molecule has 4 heteroatoms. The number of halogens is 1. The first-order chi connectivity index (χ1) is 9.87. The SMILES string of the molecule is CCOC(=O)C1(Nc2cccc(F)c2)CCCC(C)(C)C1. The summed E-state index contributed by atoms with van der Waals surface area (Å²) in [4.78, 5) is 12.5. The second-order valence-corrected chi connectivity index (χ2v) is 6.63. The Morgan fingerprint density at radius 1 is 1.38 bits per heavy atom. The van der Waals surface area contributed by atoms with E-state index < -0.39 is 5.54 Å². The highest BCUT2D eigenvalue weighted by atomic mass is 19.1. The van der Waals surface area contributed by atoms with Crippen LogP contribution in [0, 0.1) is 11.2 Å². The Bertz CT molecular complexity index is 515. The number of rotatable bonds is 4. The molecule has 21 heavy (non-hydrogen) atoms. The summed E-state index contributed by atoms with van der Waals surface area (Å²) < 4.78 is 18.7. The Hall–Kier alpha value is -1.58. The molecule has 1 atom stereocenters. The monoisotopic (exact) mass is 293 g/mol. The van der Waals surface area contributed by atoms with E-state index in [4.69, 9.17) is 4.74 Å². The topological polar surface area (TPSA) is 38.3 Å². The number of anilines is 1. The third-order valence-corrected chi connectivity index (χ3v) is 4.11. The number of ether oxygens (including phenoxy) is 1. The second-order valence-electron chi connectivity index (χ2n) is 6.63. The number of hydrogen-bond acceptors (Lipinski definition) is 3. The molecule has 0 amide bonds. The first-order valence-electron chi connectivity index (χ1n) is 7.58. The van der Waals surface area contributed by atoms with Crippen molar-refractivity contribution in [1.82, 2.24) is 0 Å². The minimum atomic E-state index is -0.758. The van der Waals surface area contributed by atoms with Gasteiger partial charge in [0, 0.05) is 5.69 Å². The lowest BCUT2D eigenvalue weighted by Crippen LogP contribution is -2.52. The highest BCUT2D eigenvalue weighted by Crippen LogP contribution is 2.43. The van der Waals surface area contributed by atoms with Gasteiger partial charge in [0.25, 0.3) is 0 Å². The van der Waals surface area contributed by atoms with Crippen LogP contribution in [0.25, 0.3) is 0 Å². The molecule has 1 N–H and O–H groups in total. The Kier molecular flexibility index (Phi) is 4.55. The van der Waals surface area contributed by atoms with Crippen LogP contribution in [0.2, 0.25) is 0 Å². The molecule has 1 aliphatic rings. The van der Waals surface area contributed by atoms with E-state index >= 15 is 0 Å². The maximum atomic E-state index is 13.4. The fraction of sp³-hybridized carbons (Fsp3) is 0.588. The predicted octanol–water partition coefficient (Wildman–Crippen LogP) is 4.14. The van der Waals surface area contributed by atoms with Crippen molar-refractivity contribution in [3.8, 4) is 0 Å². The fourth-order valence-corrected chi connectivity index (χ4v) is 3.31. The summed E-state index contributed by atoms with van der Waals surface area (Å²) in [5.74, 6) is -0.545. The van der Waals surface area contributed by atoms with Gasteiger partial charge in [-0.1, -0.05) is 19.9 Å². The van der Waals surface area contributed by atoms with Crippen LogP contribution in [0.3, 0.4) is 0 Å². The van der Waals surface area contributed by atoms with Gasteiger partial charge in [0.15, 0.2) is 0 Å². The number of hydrogen-bond donors (Lipinski definition) is 1. The first-order valence-corrected chi connectivity index (χ1v) is 7.58. The molecule has 0 saturated heterocycles. The number of esters is 1. The summed E-state index contributed by atoms with van der Waals surface area (Å²) in [6, 6.07) is 6.24. The summed E-state index contributed by atoms with van der Waals surface area (Å²) in [6.07, 6.45) is 3.44. The average Bonchev–Trinajstić information content (AvgIpc) is 2.37. The number of carbonyl (C=O) groups is 1. The van der Waals surface area contributed by atoms with Crippen LogP contribution in [-0.2, 0) is 9.53 Å². The molecule has 2 rings (SSSR count). The molecular weight excluding hydrogens is 269 g/mol. The predicted molar refractivity (Wildman–Crippen MR) is 81.6 cm³/mol. The molecule has 1 fully saturated rings. The Labute approximate surface area is 125 Å². The average molecular weight is 293 g/mol. The molecule has 116 valence electrons. The lowest BCUT2D eigenvalue weighted by molar-refractivity contribution is -0.151. The second kappa shape index (κ2) is 6.04. The van der Waals surface area contributed by atoms with Gasteiger partial charge in [0.2, 0.25) is 0 Å². The van der Waals surface area contributed by atoms with E-state index in [1.165, 1.54) is 12.1 Å². The summed E-state index contributed by atoms with van der Waals surface area (Å²) in [5, 5.41) is 3.26. The van der Waals surface area contributed by atoms with Crippen molar-refractivity contribution < 1.29 is 13.9 Å². The van der Waals surface area contributed by atoms with E-state index in [1.54, 1.807) is 12.1 Å². The maximum absolute atomic E-state index is 13.4. The van der Waals surface area contributed by atoms with Gasteiger partial charge < -0.3 is 10.1 Å². The zero-order chi connectivity index (χ0) is 15.5. The molecule has 0 heterocycles. The van der Waals surface area contributed by atoms with Gasteiger partial charge in [0.05, 0.1) is 6.61 Å². The van der Waals surface area contributed by atoms with Crippen molar-refractivity contribution in [3.05, 3.63) is 30.1 Å². The first kappa shape index (κ1) is 15.8. The minimum absolute atomic E-state index is 0.0608. The molecule has 0 aromatic heterocycles. The fourth-order valence-electron chi connectivity index (χ4n) is 3.31. The van der Waals surface area contributed by atoms with Crippen molar-refractivity contribution in [1.29, 1.82) is 0 Å². The third-order valence-electron chi connectivity index (χ3n) is 4.11. The van der Waals surface area contributed by atoms with Crippen molar-refractivity contribution in [2.45, 2.75) is 52.0 Å². The molecule has 1 aromatic rings. The molecule has 0 aliphatic heterocycles. The van der Waals surface area contributed by atoms with E-state index in [1.807, 2.05) is 6.92 Å². The summed E-state index contributed by atoms with van der Waals surface area (Å²) >= 11 is 0. The van der Waals surface area contributed by atoms with Crippen LogP contribution in [0.1, 0.15) is 46.5 Å². The lowest BCUT2D eigenvalue weighted by Gasteiger charge is -2.44. The summed E-state index contributed by atoms with van der Waals surface area (Å²) in [6.45, 7) is 6.48. The zero-order valence-electron chi connectivity index (χ0n) is 13.0. The third kappa shape index (κ3) is 3.74. The van der Waals surface area contributed by atoms with Gasteiger partial charge in [-0.25, -0.2) is 9.18 Å². The molecule has 0 bridgehead atoms.